The number of hydrogen-bond donors (Lipinski definition) is 1. The van der Waals surface area contributed by atoms with E-state index in [4.69, 9.17) is 4.74 Å². The molecular weight excluding hydrogens is 371 g/mol. The van der Waals surface area contributed by atoms with Gasteiger partial charge in [0.2, 0.25) is 5.91 Å². The van der Waals surface area contributed by atoms with Crippen LogP contribution in [0.25, 0.3) is 0 Å². The molecule has 0 aliphatic carbocycles. The fourth-order valence-corrected chi connectivity index (χ4v) is 2.49. The minimum absolute atomic E-state index is 0.00966. The predicted molar refractivity (Wildman–Crippen MR) is 98.6 cm³/mol. The van der Waals surface area contributed by atoms with E-state index in [0.29, 0.717) is 18.4 Å². The number of carbonyl (C=O) groups excluding carboxylic acids is 2. The zero-order valence-electron chi connectivity index (χ0n) is 15.5. The van der Waals surface area contributed by atoms with E-state index in [9.17, 15) is 22.8 Å². The summed E-state index contributed by atoms with van der Waals surface area (Å²) in [5.41, 5.74) is 1.90. The van der Waals surface area contributed by atoms with Gasteiger partial charge in [0.05, 0.1) is 18.5 Å². The Bertz CT molecular complexity index is 784. The first kappa shape index (κ1) is 21.5. The van der Waals surface area contributed by atoms with Crippen molar-refractivity contribution in [3.8, 4) is 0 Å². The van der Waals surface area contributed by atoms with Crippen molar-refractivity contribution in [2.45, 2.75) is 32.4 Å². The third-order valence-corrected chi connectivity index (χ3v) is 4.08. The Labute approximate surface area is 161 Å². The summed E-state index contributed by atoms with van der Waals surface area (Å²) in [5.74, 6) is -0.701. The largest absolute Gasteiger partial charge is 0.464 e. The van der Waals surface area contributed by atoms with Crippen LogP contribution in [0.15, 0.2) is 48.5 Å². The fraction of sp³-hybridized carbons (Fsp3) is 0.333. The van der Waals surface area contributed by atoms with E-state index in [1.54, 1.807) is 0 Å². The average molecular weight is 393 g/mol. The van der Waals surface area contributed by atoms with Gasteiger partial charge < -0.3 is 10.1 Å². The van der Waals surface area contributed by atoms with Crippen LogP contribution in [0.5, 0.6) is 0 Å². The minimum atomic E-state index is -4.41. The molecule has 0 bridgehead atoms. The molecule has 28 heavy (non-hydrogen) atoms. The molecule has 0 aromatic heterocycles. The van der Waals surface area contributed by atoms with E-state index >= 15 is 0 Å². The Kier molecular flexibility index (Phi) is 7.61. The third-order valence-electron chi connectivity index (χ3n) is 4.08. The number of esters is 1. The number of carbonyl (C=O) groups is 2. The molecule has 150 valence electrons. The van der Waals surface area contributed by atoms with Gasteiger partial charge in [0, 0.05) is 6.42 Å². The van der Waals surface area contributed by atoms with Gasteiger partial charge in [-0.3, -0.25) is 9.59 Å². The summed E-state index contributed by atoms with van der Waals surface area (Å²) >= 11 is 0. The van der Waals surface area contributed by atoms with Crippen molar-refractivity contribution in [1.82, 2.24) is 5.32 Å². The Morgan fingerprint density at radius 2 is 1.57 bits per heavy atom. The maximum Gasteiger partial charge on any atom is 0.416 e. The lowest BCUT2D eigenvalue weighted by atomic mass is 10.1. The smallest absolute Gasteiger partial charge is 0.416 e. The van der Waals surface area contributed by atoms with Crippen LogP contribution < -0.4 is 5.32 Å². The van der Waals surface area contributed by atoms with Gasteiger partial charge in [0.1, 0.15) is 6.61 Å². The number of alkyl halides is 3. The number of hydrogen-bond acceptors (Lipinski definition) is 3. The van der Waals surface area contributed by atoms with Gasteiger partial charge in [-0.25, -0.2) is 0 Å². The Morgan fingerprint density at radius 3 is 2.18 bits per heavy atom. The van der Waals surface area contributed by atoms with Crippen LogP contribution in [0.1, 0.15) is 28.7 Å². The zero-order valence-corrected chi connectivity index (χ0v) is 15.5. The maximum absolute atomic E-state index is 12.5. The summed E-state index contributed by atoms with van der Waals surface area (Å²) in [4.78, 5) is 23.5. The van der Waals surface area contributed by atoms with Gasteiger partial charge >= 0.3 is 12.1 Å². The summed E-state index contributed by atoms with van der Waals surface area (Å²) in [6.45, 7) is 2.19. The molecule has 0 unspecified atom stereocenters. The molecule has 0 saturated carbocycles. The normalized spacial score (nSPS) is 11.1. The highest BCUT2D eigenvalue weighted by Gasteiger charge is 2.29. The van der Waals surface area contributed by atoms with Crippen molar-refractivity contribution in [3.63, 3.8) is 0 Å². The summed E-state index contributed by atoms with van der Waals surface area (Å²) < 4.78 is 42.5. The summed E-state index contributed by atoms with van der Waals surface area (Å²) in [6.07, 6.45) is -3.57. The van der Waals surface area contributed by atoms with Crippen molar-refractivity contribution in [2.75, 3.05) is 13.2 Å². The van der Waals surface area contributed by atoms with E-state index in [2.05, 4.69) is 5.32 Å². The summed E-state index contributed by atoms with van der Waals surface area (Å²) in [7, 11) is 0. The molecule has 0 atom stereocenters. The molecule has 0 spiro atoms. The minimum Gasteiger partial charge on any atom is -0.464 e. The molecule has 2 rings (SSSR count). The number of halogens is 3. The van der Waals surface area contributed by atoms with Crippen LogP contribution in [-0.4, -0.2) is 25.0 Å². The lowest BCUT2D eigenvalue weighted by molar-refractivity contribution is -0.143. The Morgan fingerprint density at radius 1 is 0.964 bits per heavy atom. The van der Waals surface area contributed by atoms with E-state index in [1.165, 1.54) is 12.1 Å². The summed E-state index contributed by atoms with van der Waals surface area (Å²) in [5, 5.41) is 2.67. The first-order valence-corrected chi connectivity index (χ1v) is 8.88. The molecule has 0 aliphatic rings. The van der Waals surface area contributed by atoms with Crippen molar-refractivity contribution >= 4 is 11.9 Å². The van der Waals surface area contributed by atoms with Gasteiger partial charge in [0.25, 0.3) is 0 Å². The average Bonchev–Trinajstić information content (AvgIpc) is 2.64. The quantitative estimate of drug-likeness (QED) is 0.548. The van der Waals surface area contributed by atoms with Gasteiger partial charge in [-0.05, 0) is 36.6 Å². The van der Waals surface area contributed by atoms with Crippen LogP contribution >= 0.6 is 0 Å². The first-order chi connectivity index (χ1) is 13.2. The van der Waals surface area contributed by atoms with Crippen LogP contribution in [0.2, 0.25) is 0 Å². The topological polar surface area (TPSA) is 55.4 Å². The second-order valence-electron chi connectivity index (χ2n) is 6.43. The van der Waals surface area contributed by atoms with E-state index < -0.39 is 17.7 Å². The zero-order chi connectivity index (χ0) is 20.6. The number of amides is 1. The summed E-state index contributed by atoms with van der Waals surface area (Å²) in [6, 6.07) is 12.3. The predicted octanol–water partition coefficient (Wildman–Crippen LogP) is 3.85. The van der Waals surface area contributed by atoms with Crippen LogP contribution in [0.3, 0.4) is 0 Å². The van der Waals surface area contributed by atoms with Crippen molar-refractivity contribution in [3.05, 3.63) is 70.8 Å². The Balaban J connectivity index is 1.62. The molecule has 2 aromatic carbocycles. The number of ether oxygens (including phenoxy) is 1. The number of benzene rings is 2. The molecule has 1 amide bonds. The first-order valence-electron chi connectivity index (χ1n) is 8.88. The van der Waals surface area contributed by atoms with Crippen LogP contribution in [0, 0.1) is 6.92 Å². The van der Waals surface area contributed by atoms with E-state index in [0.717, 1.165) is 23.3 Å². The van der Waals surface area contributed by atoms with Gasteiger partial charge in [0.15, 0.2) is 0 Å². The lowest BCUT2D eigenvalue weighted by Crippen LogP contribution is -2.28. The molecule has 2 aromatic rings. The molecule has 0 radical (unpaired) electrons. The number of nitrogens with one attached hydrogen (secondary N) is 1. The highest BCUT2D eigenvalue weighted by Crippen LogP contribution is 2.29. The molecule has 0 fully saturated rings. The highest BCUT2D eigenvalue weighted by molar-refractivity contribution is 5.76. The molecular formula is C21H22F3NO3. The van der Waals surface area contributed by atoms with Gasteiger partial charge in [-0.2, -0.15) is 13.2 Å². The second-order valence-corrected chi connectivity index (χ2v) is 6.43. The molecule has 0 heterocycles. The molecule has 0 saturated heterocycles. The van der Waals surface area contributed by atoms with Crippen molar-refractivity contribution in [2.24, 2.45) is 0 Å². The van der Waals surface area contributed by atoms with Gasteiger partial charge in [-0.15, -0.1) is 0 Å². The third kappa shape index (κ3) is 7.42. The molecule has 0 aliphatic heterocycles. The van der Waals surface area contributed by atoms with Crippen LogP contribution in [-0.2, 0) is 33.3 Å². The Hall–Kier alpha value is -2.83. The molecule has 1 N–H and O–H groups in total. The fourth-order valence-electron chi connectivity index (χ4n) is 2.49. The maximum atomic E-state index is 12.5. The van der Waals surface area contributed by atoms with Crippen LogP contribution in [0.4, 0.5) is 13.2 Å². The van der Waals surface area contributed by atoms with Gasteiger partial charge in [-0.1, -0.05) is 42.0 Å². The molecule has 7 heteroatoms. The van der Waals surface area contributed by atoms with Crippen molar-refractivity contribution in [1.29, 1.82) is 0 Å². The SMILES string of the molecule is Cc1ccc(CCC(=O)NCCOC(=O)Cc2ccc(C(F)(F)F)cc2)cc1. The number of rotatable bonds is 8. The van der Waals surface area contributed by atoms with E-state index in [1.807, 2.05) is 31.2 Å². The monoisotopic (exact) mass is 393 g/mol. The standard InChI is InChI=1S/C21H22F3NO3/c1-15-2-4-16(5-3-15)8-11-19(26)25-12-13-28-20(27)14-17-6-9-18(10-7-17)21(22,23)24/h2-7,9-10H,8,11-14H2,1H3,(H,25,26). The van der Waals surface area contributed by atoms with E-state index in [-0.39, 0.29) is 25.5 Å². The van der Waals surface area contributed by atoms with Crippen molar-refractivity contribution < 1.29 is 27.5 Å². The number of aryl methyl sites for hydroxylation is 2. The lowest BCUT2D eigenvalue weighted by Gasteiger charge is -2.09. The molecule has 4 nitrogen and oxygen atoms in total. The second kappa shape index (κ2) is 9.92. The highest BCUT2D eigenvalue weighted by atomic mass is 19.4.